The first kappa shape index (κ1) is 20.3. The zero-order valence-corrected chi connectivity index (χ0v) is 17.1. The summed E-state index contributed by atoms with van der Waals surface area (Å²) in [6, 6.07) is 12.3. The normalized spacial score (nSPS) is 15.1. The molecule has 2 heterocycles. The molecule has 28 heavy (non-hydrogen) atoms. The first-order chi connectivity index (χ1) is 13.6. The van der Waals surface area contributed by atoms with Gasteiger partial charge in [-0.3, -0.25) is 9.89 Å². The van der Waals surface area contributed by atoms with Gasteiger partial charge >= 0.3 is 0 Å². The molecular weight excluding hydrogens is 352 g/mol. The molecule has 0 atom stereocenters. The Bertz CT molecular complexity index is 786. The van der Waals surface area contributed by atoms with Crippen LogP contribution in [0.3, 0.4) is 0 Å². The minimum atomic E-state index is 0.523. The standard InChI is InChI=1S/C22H30N4O2/c1-18-5-4-6-19(13-18)16-23-17-20-14-21(15-22(24-20)25(2)3)28-12-9-26-7-10-27-11-8-26/h4-6,13-16H,7-12,17H2,1-3H3. The quantitative estimate of drug-likeness (QED) is 0.657. The molecule has 150 valence electrons. The van der Waals surface area contributed by atoms with Crippen molar-refractivity contribution in [1.82, 2.24) is 9.88 Å². The number of pyridine rings is 1. The second kappa shape index (κ2) is 10.2. The van der Waals surface area contributed by atoms with Crippen LogP contribution in [-0.2, 0) is 11.3 Å². The van der Waals surface area contributed by atoms with Gasteiger partial charge in [-0.25, -0.2) is 4.98 Å². The highest BCUT2D eigenvalue weighted by atomic mass is 16.5. The Morgan fingerprint density at radius 1 is 1.21 bits per heavy atom. The number of hydrogen-bond donors (Lipinski definition) is 0. The molecular formula is C22H30N4O2. The fraction of sp³-hybridized carbons (Fsp3) is 0.455. The Kier molecular flexibility index (Phi) is 7.39. The van der Waals surface area contributed by atoms with Gasteiger partial charge in [0.1, 0.15) is 18.2 Å². The number of ether oxygens (including phenoxy) is 2. The molecule has 0 radical (unpaired) electrons. The van der Waals surface area contributed by atoms with Gasteiger partial charge in [-0.1, -0.05) is 29.8 Å². The van der Waals surface area contributed by atoms with Crippen LogP contribution in [0, 0.1) is 6.92 Å². The summed E-state index contributed by atoms with van der Waals surface area (Å²) in [5.41, 5.74) is 3.23. The summed E-state index contributed by atoms with van der Waals surface area (Å²) < 4.78 is 11.4. The van der Waals surface area contributed by atoms with Gasteiger partial charge in [-0.15, -0.1) is 0 Å². The van der Waals surface area contributed by atoms with Crippen molar-refractivity contribution in [3.05, 3.63) is 53.2 Å². The lowest BCUT2D eigenvalue weighted by atomic mass is 10.1. The Morgan fingerprint density at radius 2 is 2.04 bits per heavy atom. The van der Waals surface area contributed by atoms with E-state index in [4.69, 9.17) is 9.47 Å². The van der Waals surface area contributed by atoms with Gasteiger partial charge in [0.25, 0.3) is 0 Å². The Labute approximate surface area is 167 Å². The first-order valence-electron chi connectivity index (χ1n) is 9.78. The number of anilines is 1. The van der Waals surface area contributed by atoms with E-state index in [1.54, 1.807) is 0 Å². The topological polar surface area (TPSA) is 50.2 Å². The number of rotatable bonds is 8. The zero-order chi connectivity index (χ0) is 19.8. The van der Waals surface area contributed by atoms with E-state index < -0.39 is 0 Å². The van der Waals surface area contributed by atoms with Crippen LogP contribution in [0.1, 0.15) is 16.8 Å². The largest absolute Gasteiger partial charge is 0.492 e. The number of hydrogen-bond acceptors (Lipinski definition) is 6. The number of aromatic nitrogens is 1. The second-order valence-corrected chi connectivity index (χ2v) is 7.23. The number of benzene rings is 1. The van der Waals surface area contributed by atoms with E-state index in [1.165, 1.54) is 5.56 Å². The lowest BCUT2D eigenvalue weighted by molar-refractivity contribution is 0.0322. The van der Waals surface area contributed by atoms with Crippen molar-refractivity contribution in [2.75, 3.05) is 58.5 Å². The van der Waals surface area contributed by atoms with Crippen LogP contribution in [-0.4, -0.2) is 69.6 Å². The molecule has 1 aliphatic rings. The van der Waals surface area contributed by atoms with Crippen LogP contribution >= 0.6 is 0 Å². The van der Waals surface area contributed by atoms with Gasteiger partial charge in [0.15, 0.2) is 0 Å². The summed E-state index contributed by atoms with van der Waals surface area (Å²) in [5.74, 6) is 1.72. The Morgan fingerprint density at radius 3 is 2.79 bits per heavy atom. The Balaban J connectivity index is 1.61. The molecule has 0 saturated carbocycles. The van der Waals surface area contributed by atoms with E-state index in [-0.39, 0.29) is 0 Å². The minimum absolute atomic E-state index is 0.523. The van der Waals surface area contributed by atoms with E-state index in [1.807, 2.05) is 43.4 Å². The Hall–Kier alpha value is -2.44. The van der Waals surface area contributed by atoms with Crippen molar-refractivity contribution in [1.29, 1.82) is 0 Å². The van der Waals surface area contributed by atoms with Gasteiger partial charge in [0, 0.05) is 52.1 Å². The molecule has 0 bridgehead atoms. The molecule has 0 unspecified atom stereocenters. The van der Waals surface area contributed by atoms with Crippen molar-refractivity contribution in [3.8, 4) is 5.75 Å². The molecule has 0 spiro atoms. The van der Waals surface area contributed by atoms with Crippen molar-refractivity contribution in [3.63, 3.8) is 0 Å². The zero-order valence-electron chi connectivity index (χ0n) is 17.1. The van der Waals surface area contributed by atoms with Gasteiger partial charge in [-0.05, 0) is 12.5 Å². The van der Waals surface area contributed by atoms with E-state index in [2.05, 4.69) is 40.0 Å². The van der Waals surface area contributed by atoms with E-state index in [0.717, 1.165) is 55.7 Å². The smallest absolute Gasteiger partial charge is 0.132 e. The molecule has 1 aliphatic heterocycles. The maximum Gasteiger partial charge on any atom is 0.132 e. The van der Waals surface area contributed by atoms with E-state index >= 15 is 0 Å². The van der Waals surface area contributed by atoms with Gasteiger partial charge in [0.2, 0.25) is 0 Å². The fourth-order valence-electron chi connectivity index (χ4n) is 3.05. The molecule has 0 aliphatic carbocycles. The van der Waals surface area contributed by atoms with Crippen LogP contribution < -0.4 is 9.64 Å². The monoisotopic (exact) mass is 382 g/mol. The summed E-state index contributed by atoms with van der Waals surface area (Å²) in [6.07, 6.45) is 1.90. The first-order valence-corrected chi connectivity index (χ1v) is 9.78. The average Bonchev–Trinajstić information content (AvgIpc) is 2.69. The molecule has 6 heteroatoms. The molecule has 1 saturated heterocycles. The summed E-state index contributed by atoms with van der Waals surface area (Å²) in [7, 11) is 3.97. The van der Waals surface area contributed by atoms with E-state index in [9.17, 15) is 0 Å². The number of nitrogens with zero attached hydrogens (tertiary/aromatic N) is 4. The molecule has 6 nitrogen and oxygen atoms in total. The summed E-state index contributed by atoms with van der Waals surface area (Å²) in [5, 5.41) is 0. The molecule has 1 aromatic carbocycles. The number of aryl methyl sites for hydroxylation is 1. The predicted octanol–water partition coefficient (Wildman–Crippen LogP) is 2.79. The molecule has 0 N–H and O–H groups in total. The van der Waals surface area contributed by atoms with Crippen molar-refractivity contribution >= 4 is 12.0 Å². The molecule has 2 aromatic rings. The summed E-state index contributed by atoms with van der Waals surface area (Å²) in [4.78, 5) is 13.6. The van der Waals surface area contributed by atoms with Crippen molar-refractivity contribution < 1.29 is 9.47 Å². The average molecular weight is 383 g/mol. The van der Waals surface area contributed by atoms with Gasteiger partial charge in [-0.2, -0.15) is 0 Å². The van der Waals surface area contributed by atoms with Crippen LogP contribution in [0.4, 0.5) is 5.82 Å². The highest BCUT2D eigenvalue weighted by Gasteiger charge is 2.11. The fourth-order valence-corrected chi connectivity index (χ4v) is 3.05. The number of morpholine rings is 1. The molecule has 1 aromatic heterocycles. The second-order valence-electron chi connectivity index (χ2n) is 7.23. The van der Waals surface area contributed by atoms with E-state index in [0.29, 0.717) is 13.2 Å². The third kappa shape index (κ3) is 6.32. The van der Waals surface area contributed by atoms with Crippen molar-refractivity contribution in [2.45, 2.75) is 13.5 Å². The number of aliphatic imine (C=N–C) groups is 1. The molecule has 1 fully saturated rings. The maximum atomic E-state index is 6.02. The third-order valence-corrected chi connectivity index (χ3v) is 4.61. The summed E-state index contributed by atoms with van der Waals surface area (Å²) in [6.45, 7) is 7.73. The van der Waals surface area contributed by atoms with Crippen LogP contribution in [0.2, 0.25) is 0 Å². The lowest BCUT2D eigenvalue weighted by Gasteiger charge is -2.26. The molecule has 0 amide bonds. The van der Waals surface area contributed by atoms with Crippen LogP contribution in [0.15, 0.2) is 41.4 Å². The minimum Gasteiger partial charge on any atom is -0.492 e. The molecule has 3 rings (SSSR count). The predicted molar refractivity (Wildman–Crippen MR) is 114 cm³/mol. The third-order valence-electron chi connectivity index (χ3n) is 4.61. The SMILES string of the molecule is Cc1cccc(C=NCc2cc(OCCN3CCOCC3)cc(N(C)C)n2)c1. The van der Waals surface area contributed by atoms with Gasteiger partial charge in [0.05, 0.1) is 25.5 Å². The van der Waals surface area contributed by atoms with Gasteiger partial charge < -0.3 is 14.4 Å². The van der Waals surface area contributed by atoms with Crippen LogP contribution in [0.5, 0.6) is 5.75 Å². The van der Waals surface area contributed by atoms with Crippen molar-refractivity contribution in [2.24, 2.45) is 4.99 Å². The highest BCUT2D eigenvalue weighted by molar-refractivity contribution is 5.79. The summed E-state index contributed by atoms with van der Waals surface area (Å²) >= 11 is 0. The highest BCUT2D eigenvalue weighted by Crippen LogP contribution is 2.20. The van der Waals surface area contributed by atoms with Crippen LogP contribution in [0.25, 0.3) is 0 Å². The maximum absolute atomic E-state index is 6.02. The lowest BCUT2D eigenvalue weighted by Crippen LogP contribution is -2.38.